The van der Waals surface area contributed by atoms with Crippen molar-refractivity contribution >= 4 is 5.91 Å². The molecule has 3 heteroatoms. The summed E-state index contributed by atoms with van der Waals surface area (Å²) in [4.78, 5) is 14.0. The zero-order valence-electron chi connectivity index (χ0n) is 8.25. The van der Waals surface area contributed by atoms with Gasteiger partial charge in [0.25, 0.3) is 0 Å². The van der Waals surface area contributed by atoms with Crippen molar-refractivity contribution in [3.8, 4) is 0 Å². The molecule has 2 atom stereocenters. The van der Waals surface area contributed by atoms with E-state index in [1.807, 2.05) is 7.05 Å². The maximum absolute atomic E-state index is 11.9. The second kappa shape index (κ2) is 3.66. The average Bonchev–Trinajstić information content (AvgIpc) is 2.54. The fourth-order valence-electron chi connectivity index (χ4n) is 2.58. The van der Waals surface area contributed by atoms with Crippen molar-refractivity contribution in [2.75, 3.05) is 13.6 Å². The second-order valence-electron chi connectivity index (χ2n) is 4.10. The fraction of sp³-hybridized carbons (Fsp3) is 0.900. The molecule has 2 fully saturated rings. The third kappa shape index (κ3) is 1.57. The van der Waals surface area contributed by atoms with Gasteiger partial charge in [-0.05, 0) is 39.2 Å². The Morgan fingerprint density at radius 1 is 1.31 bits per heavy atom. The van der Waals surface area contributed by atoms with E-state index in [0.717, 1.165) is 13.0 Å². The van der Waals surface area contributed by atoms with Crippen LogP contribution in [0.5, 0.6) is 0 Å². The first-order chi connectivity index (χ1) is 6.33. The number of amides is 1. The molecule has 2 saturated heterocycles. The molecule has 0 radical (unpaired) electrons. The minimum atomic E-state index is 0.0862. The summed E-state index contributed by atoms with van der Waals surface area (Å²) in [5.74, 6) is 0.336. The van der Waals surface area contributed by atoms with Gasteiger partial charge in [-0.25, -0.2) is 0 Å². The Labute approximate surface area is 79.5 Å². The number of carbonyl (C=O) groups is 1. The molecule has 2 heterocycles. The van der Waals surface area contributed by atoms with Gasteiger partial charge in [0.2, 0.25) is 5.91 Å². The smallest absolute Gasteiger partial charge is 0.239 e. The van der Waals surface area contributed by atoms with Gasteiger partial charge in [0.1, 0.15) is 0 Å². The van der Waals surface area contributed by atoms with Crippen LogP contribution < -0.4 is 5.32 Å². The van der Waals surface area contributed by atoms with Crippen molar-refractivity contribution in [2.45, 2.75) is 44.2 Å². The Hall–Kier alpha value is -0.570. The largest absolute Gasteiger partial charge is 0.338 e. The van der Waals surface area contributed by atoms with Crippen molar-refractivity contribution in [1.29, 1.82) is 0 Å². The van der Waals surface area contributed by atoms with E-state index in [1.165, 1.54) is 25.7 Å². The van der Waals surface area contributed by atoms with Crippen molar-refractivity contribution in [2.24, 2.45) is 0 Å². The molecule has 0 aromatic heterocycles. The summed E-state index contributed by atoms with van der Waals surface area (Å²) in [5.41, 5.74) is 0. The van der Waals surface area contributed by atoms with Gasteiger partial charge in [0, 0.05) is 12.6 Å². The molecular weight excluding hydrogens is 164 g/mol. The lowest BCUT2D eigenvalue weighted by atomic mass is 10.1. The molecule has 2 aliphatic heterocycles. The summed E-state index contributed by atoms with van der Waals surface area (Å²) in [6, 6.07) is 0.647. The minimum absolute atomic E-state index is 0.0862. The highest BCUT2D eigenvalue weighted by Gasteiger charge is 2.34. The minimum Gasteiger partial charge on any atom is -0.338 e. The Balaban J connectivity index is 2.11. The van der Waals surface area contributed by atoms with E-state index < -0.39 is 0 Å². The van der Waals surface area contributed by atoms with E-state index in [2.05, 4.69) is 10.2 Å². The summed E-state index contributed by atoms with van der Waals surface area (Å²) in [7, 11) is 1.89. The van der Waals surface area contributed by atoms with E-state index in [1.54, 1.807) is 0 Å². The Bertz CT molecular complexity index is 205. The maximum Gasteiger partial charge on any atom is 0.239 e. The number of nitrogens with zero attached hydrogens (tertiary/aromatic N) is 1. The Morgan fingerprint density at radius 3 is 2.85 bits per heavy atom. The average molecular weight is 182 g/mol. The summed E-state index contributed by atoms with van der Waals surface area (Å²) in [5, 5.41) is 3.12. The summed E-state index contributed by atoms with van der Waals surface area (Å²) >= 11 is 0. The van der Waals surface area contributed by atoms with Crippen LogP contribution in [0.3, 0.4) is 0 Å². The normalized spacial score (nSPS) is 34.5. The van der Waals surface area contributed by atoms with Crippen molar-refractivity contribution in [1.82, 2.24) is 10.2 Å². The second-order valence-corrected chi connectivity index (χ2v) is 4.10. The molecule has 0 spiro atoms. The van der Waals surface area contributed by atoms with Gasteiger partial charge < -0.3 is 10.2 Å². The molecule has 74 valence electrons. The number of hydrogen-bond donors (Lipinski definition) is 1. The highest BCUT2D eigenvalue weighted by molar-refractivity contribution is 5.82. The van der Waals surface area contributed by atoms with E-state index in [4.69, 9.17) is 0 Å². The molecule has 0 saturated carbocycles. The maximum atomic E-state index is 11.9. The zero-order chi connectivity index (χ0) is 9.26. The molecule has 0 bridgehead atoms. The molecule has 2 aliphatic rings. The van der Waals surface area contributed by atoms with Crippen molar-refractivity contribution in [3.05, 3.63) is 0 Å². The molecule has 0 aliphatic carbocycles. The predicted octanol–water partition coefficient (Wildman–Crippen LogP) is 0.749. The quantitative estimate of drug-likeness (QED) is 0.649. The lowest BCUT2D eigenvalue weighted by Crippen LogP contribution is -2.45. The lowest BCUT2D eigenvalue weighted by molar-refractivity contribution is -0.133. The third-order valence-electron chi connectivity index (χ3n) is 3.34. The number of hydrogen-bond acceptors (Lipinski definition) is 2. The summed E-state index contributed by atoms with van der Waals surface area (Å²) < 4.78 is 0. The topological polar surface area (TPSA) is 32.3 Å². The molecule has 2 unspecified atom stereocenters. The monoisotopic (exact) mass is 182 g/mol. The van der Waals surface area contributed by atoms with Gasteiger partial charge >= 0.3 is 0 Å². The fourth-order valence-corrected chi connectivity index (χ4v) is 2.58. The van der Waals surface area contributed by atoms with Gasteiger partial charge in [0.15, 0.2) is 0 Å². The Kier molecular flexibility index (Phi) is 2.54. The molecule has 1 N–H and O–H groups in total. The van der Waals surface area contributed by atoms with E-state index >= 15 is 0 Å². The zero-order valence-corrected chi connectivity index (χ0v) is 8.25. The molecule has 0 aromatic carbocycles. The number of rotatable bonds is 1. The van der Waals surface area contributed by atoms with Crippen LogP contribution in [-0.4, -0.2) is 36.5 Å². The van der Waals surface area contributed by atoms with Crippen LogP contribution in [0.4, 0.5) is 0 Å². The SMILES string of the molecule is CNC1CCCC2CCCN2C1=O. The van der Waals surface area contributed by atoms with Gasteiger partial charge in [-0.3, -0.25) is 4.79 Å². The van der Waals surface area contributed by atoms with Crippen LogP contribution in [0.1, 0.15) is 32.1 Å². The van der Waals surface area contributed by atoms with Gasteiger partial charge in [-0.1, -0.05) is 0 Å². The highest BCUT2D eigenvalue weighted by Crippen LogP contribution is 2.26. The van der Waals surface area contributed by atoms with Crippen LogP contribution in [0, 0.1) is 0 Å². The first kappa shape index (κ1) is 9.00. The third-order valence-corrected chi connectivity index (χ3v) is 3.34. The number of nitrogens with one attached hydrogen (secondary N) is 1. The summed E-state index contributed by atoms with van der Waals surface area (Å²) in [6.07, 6.45) is 5.85. The molecular formula is C10H18N2O. The molecule has 3 nitrogen and oxygen atoms in total. The van der Waals surface area contributed by atoms with Gasteiger partial charge in [-0.2, -0.15) is 0 Å². The number of carbonyl (C=O) groups excluding carboxylic acids is 1. The van der Waals surface area contributed by atoms with Gasteiger partial charge in [0.05, 0.1) is 6.04 Å². The Morgan fingerprint density at radius 2 is 2.08 bits per heavy atom. The highest BCUT2D eigenvalue weighted by atomic mass is 16.2. The van der Waals surface area contributed by atoms with Crippen LogP contribution in [0.25, 0.3) is 0 Å². The first-order valence-electron chi connectivity index (χ1n) is 5.30. The molecule has 13 heavy (non-hydrogen) atoms. The molecule has 0 aromatic rings. The van der Waals surface area contributed by atoms with Crippen LogP contribution in [0.2, 0.25) is 0 Å². The van der Waals surface area contributed by atoms with E-state index in [0.29, 0.717) is 11.9 Å². The van der Waals surface area contributed by atoms with Crippen LogP contribution in [-0.2, 0) is 4.79 Å². The van der Waals surface area contributed by atoms with Gasteiger partial charge in [-0.15, -0.1) is 0 Å². The van der Waals surface area contributed by atoms with Crippen molar-refractivity contribution in [3.63, 3.8) is 0 Å². The van der Waals surface area contributed by atoms with Crippen molar-refractivity contribution < 1.29 is 4.79 Å². The first-order valence-corrected chi connectivity index (χ1v) is 5.30. The molecule has 2 rings (SSSR count). The number of fused-ring (bicyclic) bond motifs is 1. The van der Waals surface area contributed by atoms with Crippen LogP contribution >= 0.6 is 0 Å². The van der Waals surface area contributed by atoms with Crippen LogP contribution in [0.15, 0.2) is 0 Å². The lowest BCUT2D eigenvalue weighted by Gasteiger charge is -2.24. The molecule has 1 amide bonds. The number of likely N-dealkylation sites (N-methyl/N-ethyl adjacent to an activating group) is 1. The predicted molar refractivity (Wildman–Crippen MR) is 51.4 cm³/mol. The van der Waals surface area contributed by atoms with E-state index in [-0.39, 0.29) is 6.04 Å². The summed E-state index contributed by atoms with van der Waals surface area (Å²) in [6.45, 7) is 0.988. The standard InChI is InChI=1S/C10H18N2O/c1-11-9-6-2-4-8-5-3-7-12(8)10(9)13/h8-9,11H,2-7H2,1H3. The van der Waals surface area contributed by atoms with E-state index in [9.17, 15) is 4.79 Å².